The van der Waals surface area contributed by atoms with E-state index in [1.54, 1.807) is 0 Å². The molecule has 2 heterocycles. The van der Waals surface area contributed by atoms with Crippen molar-refractivity contribution in [2.24, 2.45) is 0 Å². The third kappa shape index (κ3) is 7.41. The number of nitrogens with zero attached hydrogens (tertiary/aromatic N) is 3. The molecule has 1 aliphatic rings. The molecule has 2 aromatic carbocycles. The molecule has 0 aliphatic carbocycles. The Kier molecular flexibility index (Phi) is 8.06. The first kappa shape index (κ1) is 23.0. The maximum Gasteiger partial charge on any atom is 0.303 e. The molecule has 1 saturated heterocycles. The fraction of sp³-hybridized carbons (Fsp3) is 0.333. The summed E-state index contributed by atoms with van der Waals surface area (Å²) in [4.78, 5) is 19.8. The Labute approximate surface area is 195 Å². The molecular formula is C27H31N3O3. The Hall–Kier alpha value is -3.22. The Balaban J connectivity index is 1.18. The first-order valence-corrected chi connectivity index (χ1v) is 11.5. The number of pyridine rings is 1. The summed E-state index contributed by atoms with van der Waals surface area (Å²) in [6, 6.07) is 20.5. The molecule has 6 heteroatoms. The van der Waals surface area contributed by atoms with Crippen LogP contribution >= 0.6 is 0 Å². The Morgan fingerprint density at radius 1 is 0.758 bits per heavy atom. The smallest absolute Gasteiger partial charge is 0.303 e. The number of aryl methyl sites for hydroxylation is 1. The molecule has 3 aromatic rings. The lowest BCUT2D eigenvalue weighted by atomic mass is 10.1. The number of ether oxygens (including phenoxy) is 1. The highest BCUT2D eigenvalue weighted by molar-refractivity contribution is 5.67. The van der Waals surface area contributed by atoms with Gasteiger partial charge < -0.3 is 9.84 Å². The van der Waals surface area contributed by atoms with Gasteiger partial charge in [-0.2, -0.15) is 0 Å². The number of aromatic nitrogens is 1. The van der Waals surface area contributed by atoms with Crippen molar-refractivity contribution in [2.45, 2.75) is 32.5 Å². The zero-order chi connectivity index (χ0) is 22.9. The maximum atomic E-state index is 10.7. The van der Waals surface area contributed by atoms with Crippen LogP contribution in [-0.4, -0.2) is 52.0 Å². The third-order valence-electron chi connectivity index (χ3n) is 6.01. The molecule has 6 nitrogen and oxygen atoms in total. The summed E-state index contributed by atoms with van der Waals surface area (Å²) < 4.78 is 5.89. The molecule has 1 aliphatic heterocycles. The van der Waals surface area contributed by atoms with E-state index in [1.165, 1.54) is 11.1 Å². The minimum absolute atomic E-state index is 0.147. The van der Waals surface area contributed by atoms with E-state index >= 15 is 0 Å². The summed E-state index contributed by atoms with van der Waals surface area (Å²) in [7, 11) is 0. The molecule has 1 fully saturated rings. The topological polar surface area (TPSA) is 65.9 Å². The van der Waals surface area contributed by atoms with E-state index in [4.69, 9.17) is 9.84 Å². The molecule has 1 N–H and O–H groups in total. The molecule has 0 unspecified atom stereocenters. The standard InChI is InChI=1S/C27H31N3O3/c31-27(32)10-7-22-5-8-26(9-6-22)33-21-25-3-1-23(2-4-25)19-29-15-17-30(18-16-29)20-24-11-13-28-14-12-24/h1-6,8-9,11-14H,7,10,15-21H2,(H,31,32). The molecule has 4 rings (SSSR count). The van der Waals surface area contributed by atoms with Crippen LogP contribution in [-0.2, 0) is 30.9 Å². The number of hydrogen-bond donors (Lipinski definition) is 1. The van der Waals surface area contributed by atoms with Gasteiger partial charge in [-0.1, -0.05) is 36.4 Å². The summed E-state index contributed by atoms with van der Waals surface area (Å²) in [5, 5.41) is 8.78. The van der Waals surface area contributed by atoms with Crippen molar-refractivity contribution in [2.75, 3.05) is 26.2 Å². The lowest BCUT2D eigenvalue weighted by Gasteiger charge is -2.34. The van der Waals surface area contributed by atoms with E-state index in [2.05, 4.69) is 51.2 Å². The van der Waals surface area contributed by atoms with E-state index < -0.39 is 5.97 Å². The predicted octanol–water partition coefficient (Wildman–Crippen LogP) is 4.00. The normalized spacial score (nSPS) is 14.8. The van der Waals surface area contributed by atoms with Crippen molar-refractivity contribution in [3.05, 3.63) is 95.3 Å². The second-order valence-corrected chi connectivity index (χ2v) is 8.55. The highest BCUT2D eigenvalue weighted by atomic mass is 16.5. The SMILES string of the molecule is O=C(O)CCc1ccc(OCc2ccc(CN3CCN(Cc4ccncc4)CC3)cc2)cc1. The van der Waals surface area contributed by atoms with Crippen LogP contribution in [0, 0.1) is 0 Å². The van der Waals surface area contributed by atoms with Gasteiger partial charge in [-0.05, 0) is 52.9 Å². The Bertz CT molecular complexity index is 999. The average molecular weight is 446 g/mol. The Morgan fingerprint density at radius 2 is 1.27 bits per heavy atom. The number of piperazine rings is 1. The molecule has 172 valence electrons. The van der Waals surface area contributed by atoms with Crippen molar-refractivity contribution in [1.82, 2.24) is 14.8 Å². The first-order valence-electron chi connectivity index (χ1n) is 11.5. The van der Waals surface area contributed by atoms with Crippen LogP contribution in [0.4, 0.5) is 0 Å². The van der Waals surface area contributed by atoms with Gasteiger partial charge >= 0.3 is 5.97 Å². The Morgan fingerprint density at radius 3 is 1.85 bits per heavy atom. The number of hydrogen-bond acceptors (Lipinski definition) is 5. The van der Waals surface area contributed by atoms with Crippen LogP contribution in [0.15, 0.2) is 73.1 Å². The molecule has 1 aromatic heterocycles. The summed E-state index contributed by atoms with van der Waals surface area (Å²) in [5.41, 5.74) is 4.79. The van der Waals surface area contributed by atoms with E-state index in [0.717, 1.165) is 56.1 Å². The summed E-state index contributed by atoms with van der Waals surface area (Å²) >= 11 is 0. The van der Waals surface area contributed by atoms with Crippen LogP contribution in [0.2, 0.25) is 0 Å². The van der Waals surface area contributed by atoms with Crippen molar-refractivity contribution >= 4 is 5.97 Å². The lowest BCUT2D eigenvalue weighted by molar-refractivity contribution is -0.136. The summed E-state index contributed by atoms with van der Waals surface area (Å²) in [6.45, 7) is 6.82. The largest absolute Gasteiger partial charge is 0.489 e. The fourth-order valence-corrected chi connectivity index (χ4v) is 4.02. The summed E-state index contributed by atoms with van der Waals surface area (Å²) in [5.74, 6) is 0.0184. The molecule has 0 saturated carbocycles. The van der Waals surface area contributed by atoms with Gasteiger partial charge in [-0.25, -0.2) is 0 Å². The van der Waals surface area contributed by atoms with E-state index in [0.29, 0.717) is 13.0 Å². The molecule has 0 atom stereocenters. The number of carbonyl (C=O) groups is 1. The monoisotopic (exact) mass is 445 g/mol. The fourth-order valence-electron chi connectivity index (χ4n) is 4.02. The van der Waals surface area contributed by atoms with Crippen LogP contribution < -0.4 is 4.74 Å². The second-order valence-electron chi connectivity index (χ2n) is 8.55. The van der Waals surface area contributed by atoms with Crippen LogP contribution in [0.5, 0.6) is 5.75 Å². The number of benzene rings is 2. The average Bonchev–Trinajstić information content (AvgIpc) is 2.85. The highest BCUT2D eigenvalue weighted by Gasteiger charge is 2.17. The van der Waals surface area contributed by atoms with E-state index in [9.17, 15) is 4.79 Å². The minimum atomic E-state index is -0.776. The highest BCUT2D eigenvalue weighted by Crippen LogP contribution is 2.17. The van der Waals surface area contributed by atoms with Crippen molar-refractivity contribution in [1.29, 1.82) is 0 Å². The number of aliphatic carboxylic acids is 1. The van der Waals surface area contributed by atoms with E-state index in [-0.39, 0.29) is 6.42 Å². The molecule has 0 amide bonds. The van der Waals surface area contributed by atoms with Gasteiger partial charge in [0.15, 0.2) is 0 Å². The zero-order valence-corrected chi connectivity index (χ0v) is 18.9. The molecule has 0 spiro atoms. The van der Waals surface area contributed by atoms with Gasteiger partial charge in [0.2, 0.25) is 0 Å². The number of rotatable bonds is 10. The van der Waals surface area contributed by atoms with Crippen LogP contribution in [0.25, 0.3) is 0 Å². The molecular weight excluding hydrogens is 414 g/mol. The van der Waals surface area contributed by atoms with Gasteiger partial charge in [0.1, 0.15) is 12.4 Å². The molecule has 33 heavy (non-hydrogen) atoms. The quantitative estimate of drug-likeness (QED) is 0.509. The second kappa shape index (κ2) is 11.6. The van der Waals surface area contributed by atoms with Crippen LogP contribution in [0.3, 0.4) is 0 Å². The van der Waals surface area contributed by atoms with Crippen molar-refractivity contribution < 1.29 is 14.6 Å². The van der Waals surface area contributed by atoms with Gasteiger partial charge in [0, 0.05) is 58.1 Å². The third-order valence-corrected chi connectivity index (χ3v) is 6.01. The van der Waals surface area contributed by atoms with Gasteiger partial charge in [0.25, 0.3) is 0 Å². The first-order chi connectivity index (χ1) is 16.1. The predicted molar refractivity (Wildman–Crippen MR) is 128 cm³/mol. The number of carboxylic acid groups (broad SMARTS) is 1. The van der Waals surface area contributed by atoms with Gasteiger partial charge in [0.05, 0.1) is 0 Å². The number of carboxylic acids is 1. The zero-order valence-electron chi connectivity index (χ0n) is 18.9. The summed E-state index contributed by atoms with van der Waals surface area (Å²) in [6.07, 6.45) is 4.41. The van der Waals surface area contributed by atoms with Crippen molar-refractivity contribution in [3.63, 3.8) is 0 Å². The minimum Gasteiger partial charge on any atom is -0.489 e. The lowest BCUT2D eigenvalue weighted by Crippen LogP contribution is -2.45. The van der Waals surface area contributed by atoms with Gasteiger partial charge in [-0.3, -0.25) is 19.6 Å². The molecule has 0 radical (unpaired) electrons. The maximum absolute atomic E-state index is 10.7. The van der Waals surface area contributed by atoms with E-state index in [1.807, 2.05) is 36.7 Å². The van der Waals surface area contributed by atoms with Crippen molar-refractivity contribution in [3.8, 4) is 5.75 Å². The van der Waals surface area contributed by atoms with Gasteiger partial charge in [-0.15, -0.1) is 0 Å². The van der Waals surface area contributed by atoms with Crippen LogP contribution in [0.1, 0.15) is 28.7 Å². The molecule has 0 bridgehead atoms.